The zero-order chi connectivity index (χ0) is 17.3. The van der Waals surface area contributed by atoms with E-state index in [0.29, 0.717) is 19.6 Å². The van der Waals surface area contributed by atoms with Gasteiger partial charge in [-0.1, -0.05) is 66.7 Å². The van der Waals surface area contributed by atoms with Gasteiger partial charge in [0.25, 0.3) is 0 Å². The first kappa shape index (κ1) is 16.7. The van der Waals surface area contributed by atoms with Crippen molar-refractivity contribution >= 4 is 6.03 Å². The van der Waals surface area contributed by atoms with E-state index in [9.17, 15) is 4.79 Å². The molecule has 0 radical (unpaired) electrons. The molecule has 0 saturated carbocycles. The van der Waals surface area contributed by atoms with Crippen LogP contribution in [0.15, 0.2) is 85.1 Å². The molecular weight excluding hydrogens is 310 g/mol. The Kier molecular flexibility index (Phi) is 5.77. The Morgan fingerprint density at radius 3 is 1.88 bits per heavy atom. The Bertz CT molecular complexity index is 735. The maximum absolute atomic E-state index is 12.7. The van der Waals surface area contributed by atoms with Crippen molar-refractivity contribution in [2.45, 2.75) is 19.6 Å². The zero-order valence-electron chi connectivity index (χ0n) is 14.0. The van der Waals surface area contributed by atoms with E-state index in [0.717, 1.165) is 16.8 Å². The fraction of sp³-hybridized carbons (Fsp3) is 0.143. The predicted molar refractivity (Wildman–Crippen MR) is 98.6 cm³/mol. The number of pyridine rings is 1. The van der Waals surface area contributed by atoms with Gasteiger partial charge in [-0.3, -0.25) is 4.98 Å². The summed E-state index contributed by atoms with van der Waals surface area (Å²) in [5.41, 5.74) is 3.05. The number of amides is 2. The molecule has 1 N–H and O–H groups in total. The molecule has 2 amide bonds. The molecule has 0 unspecified atom stereocenters. The number of hydrogen-bond acceptors (Lipinski definition) is 2. The normalized spacial score (nSPS) is 10.2. The molecule has 0 aliphatic heterocycles. The maximum atomic E-state index is 12.7. The number of urea groups is 1. The summed E-state index contributed by atoms with van der Waals surface area (Å²) in [6.07, 6.45) is 1.73. The van der Waals surface area contributed by atoms with Crippen molar-refractivity contribution in [3.05, 3.63) is 102 Å². The molecule has 4 nitrogen and oxygen atoms in total. The van der Waals surface area contributed by atoms with Gasteiger partial charge < -0.3 is 10.2 Å². The molecule has 0 aliphatic rings. The molecule has 25 heavy (non-hydrogen) atoms. The number of benzene rings is 2. The summed E-state index contributed by atoms with van der Waals surface area (Å²) in [4.78, 5) is 18.8. The van der Waals surface area contributed by atoms with Gasteiger partial charge in [-0.25, -0.2) is 4.79 Å². The summed E-state index contributed by atoms with van der Waals surface area (Å²) in [7, 11) is 0. The lowest BCUT2D eigenvalue weighted by Crippen LogP contribution is -2.38. The highest BCUT2D eigenvalue weighted by atomic mass is 16.2. The van der Waals surface area contributed by atoms with Gasteiger partial charge in [0.1, 0.15) is 0 Å². The topological polar surface area (TPSA) is 45.2 Å². The van der Waals surface area contributed by atoms with E-state index >= 15 is 0 Å². The van der Waals surface area contributed by atoms with Crippen molar-refractivity contribution in [1.29, 1.82) is 0 Å². The van der Waals surface area contributed by atoms with Crippen molar-refractivity contribution in [2.75, 3.05) is 0 Å². The highest BCUT2D eigenvalue weighted by molar-refractivity contribution is 5.74. The second-order valence-corrected chi connectivity index (χ2v) is 5.81. The third kappa shape index (κ3) is 5.18. The van der Waals surface area contributed by atoms with Crippen molar-refractivity contribution in [3.63, 3.8) is 0 Å². The van der Waals surface area contributed by atoms with Gasteiger partial charge in [-0.15, -0.1) is 0 Å². The number of carbonyl (C=O) groups is 1. The summed E-state index contributed by atoms with van der Waals surface area (Å²) in [6.45, 7) is 1.54. The number of rotatable bonds is 6. The molecule has 3 aromatic rings. The Labute approximate surface area is 148 Å². The fourth-order valence-corrected chi connectivity index (χ4v) is 2.59. The van der Waals surface area contributed by atoms with E-state index in [-0.39, 0.29) is 6.03 Å². The summed E-state index contributed by atoms with van der Waals surface area (Å²) in [5, 5.41) is 2.96. The molecular formula is C21H21N3O. The summed E-state index contributed by atoms with van der Waals surface area (Å²) < 4.78 is 0. The average molecular weight is 331 g/mol. The molecule has 4 heteroatoms. The molecule has 1 aromatic heterocycles. The van der Waals surface area contributed by atoms with Crippen LogP contribution in [-0.2, 0) is 19.6 Å². The minimum atomic E-state index is -0.0987. The van der Waals surface area contributed by atoms with Crippen molar-refractivity contribution < 1.29 is 4.79 Å². The standard InChI is InChI=1S/C21H21N3O/c25-21(23-15-20-13-7-8-14-22-20)24(16-18-9-3-1-4-10-18)17-19-11-5-2-6-12-19/h1-14H,15-17H2,(H,23,25). The van der Waals surface area contributed by atoms with Crippen LogP contribution in [0.4, 0.5) is 4.79 Å². The van der Waals surface area contributed by atoms with E-state index in [2.05, 4.69) is 10.3 Å². The molecule has 1 heterocycles. The summed E-state index contributed by atoms with van der Waals surface area (Å²) >= 11 is 0. The molecule has 0 aliphatic carbocycles. The summed E-state index contributed by atoms with van der Waals surface area (Å²) in [5.74, 6) is 0. The number of carbonyl (C=O) groups excluding carboxylic acids is 1. The molecule has 0 bridgehead atoms. The quantitative estimate of drug-likeness (QED) is 0.742. The average Bonchev–Trinajstić information content (AvgIpc) is 2.68. The number of nitrogens with zero attached hydrogens (tertiary/aromatic N) is 2. The van der Waals surface area contributed by atoms with Gasteiger partial charge in [0.05, 0.1) is 12.2 Å². The third-order valence-electron chi connectivity index (χ3n) is 3.87. The lowest BCUT2D eigenvalue weighted by molar-refractivity contribution is 0.191. The van der Waals surface area contributed by atoms with Crippen LogP contribution in [0, 0.1) is 0 Å². The molecule has 3 rings (SSSR count). The van der Waals surface area contributed by atoms with E-state index in [1.54, 1.807) is 6.20 Å². The second-order valence-electron chi connectivity index (χ2n) is 5.81. The molecule has 0 fully saturated rings. The van der Waals surface area contributed by atoms with Crippen LogP contribution in [0.5, 0.6) is 0 Å². The molecule has 2 aromatic carbocycles. The minimum Gasteiger partial charge on any atom is -0.332 e. The highest BCUT2D eigenvalue weighted by Gasteiger charge is 2.14. The minimum absolute atomic E-state index is 0.0987. The van der Waals surface area contributed by atoms with Gasteiger partial charge >= 0.3 is 6.03 Å². The van der Waals surface area contributed by atoms with Gasteiger partial charge in [-0.2, -0.15) is 0 Å². The number of aromatic nitrogens is 1. The van der Waals surface area contributed by atoms with Crippen LogP contribution in [0.1, 0.15) is 16.8 Å². The maximum Gasteiger partial charge on any atom is 0.318 e. The third-order valence-corrected chi connectivity index (χ3v) is 3.87. The smallest absolute Gasteiger partial charge is 0.318 e. The van der Waals surface area contributed by atoms with Gasteiger partial charge in [0.15, 0.2) is 0 Å². The van der Waals surface area contributed by atoms with Crippen molar-refractivity contribution in [1.82, 2.24) is 15.2 Å². The first-order valence-corrected chi connectivity index (χ1v) is 8.32. The van der Waals surface area contributed by atoms with Gasteiger partial charge in [-0.05, 0) is 23.3 Å². The summed E-state index contributed by atoms with van der Waals surface area (Å²) in [6, 6.07) is 25.6. The van der Waals surface area contributed by atoms with Gasteiger partial charge in [0.2, 0.25) is 0 Å². The number of hydrogen-bond donors (Lipinski definition) is 1. The fourth-order valence-electron chi connectivity index (χ4n) is 2.59. The molecule has 0 atom stereocenters. The highest BCUT2D eigenvalue weighted by Crippen LogP contribution is 2.10. The monoisotopic (exact) mass is 331 g/mol. The first-order chi connectivity index (χ1) is 12.3. The predicted octanol–water partition coefficient (Wildman–Crippen LogP) is 3.99. The van der Waals surface area contributed by atoms with E-state index in [1.165, 1.54) is 0 Å². The van der Waals surface area contributed by atoms with E-state index < -0.39 is 0 Å². The Morgan fingerprint density at radius 1 is 0.800 bits per heavy atom. The lowest BCUT2D eigenvalue weighted by atomic mass is 10.2. The molecule has 0 saturated heterocycles. The van der Waals surface area contributed by atoms with Crippen LogP contribution < -0.4 is 5.32 Å². The van der Waals surface area contributed by atoms with E-state index in [1.807, 2.05) is 83.8 Å². The van der Waals surface area contributed by atoms with Crippen molar-refractivity contribution in [2.24, 2.45) is 0 Å². The molecule has 0 spiro atoms. The van der Waals surface area contributed by atoms with Crippen molar-refractivity contribution in [3.8, 4) is 0 Å². The molecule has 126 valence electrons. The largest absolute Gasteiger partial charge is 0.332 e. The Morgan fingerprint density at radius 2 is 1.36 bits per heavy atom. The lowest BCUT2D eigenvalue weighted by Gasteiger charge is -2.23. The Hall–Kier alpha value is -3.14. The van der Waals surface area contributed by atoms with Crippen LogP contribution in [0.25, 0.3) is 0 Å². The van der Waals surface area contributed by atoms with Crippen LogP contribution in [0.2, 0.25) is 0 Å². The first-order valence-electron chi connectivity index (χ1n) is 8.32. The SMILES string of the molecule is O=C(NCc1ccccn1)N(Cc1ccccc1)Cc1ccccc1. The Balaban J connectivity index is 1.69. The second kappa shape index (κ2) is 8.64. The van der Waals surface area contributed by atoms with Crippen LogP contribution in [-0.4, -0.2) is 15.9 Å². The zero-order valence-corrected chi connectivity index (χ0v) is 14.0. The van der Waals surface area contributed by atoms with Crippen LogP contribution in [0.3, 0.4) is 0 Å². The van der Waals surface area contributed by atoms with E-state index in [4.69, 9.17) is 0 Å². The number of nitrogens with one attached hydrogen (secondary N) is 1. The van der Waals surface area contributed by atoms with Gasteiger partial charge in [0, 0.05) is 19.3 Å². The van der Waals surface area contributed by atoms with Crippen LogP contribution >= 0.6 is 0 Å².